The predicted octanol–water partition coefficient (Wildman–Crippen LogP) is 0.765. The molecule has 1 aromatic carbocycles. The molecule has 0 fully saturated rings. The lowest BCUT2D eigenvalue weighted by atomic mass is 10.2. The van der Waals surface area contributed by atoms with E-state index in [0.29, 0.717) is 12.4 Å². The molecule has 2 aromatic rings. The number of hydrogen-bond donors (Lipinski definition) is 1. The fraction of sp³-hybridized carbons (Fsp3) is 0.417. The molecule has 0 aliphatic rings. The normalized spacial score (nSPS) is 13.6. The first-order valence-corrected chi connectivity index (χ1v) is 7.81. The molecule has 1 N–H and O–H groups in total. The van der Waals surface area contributed by atoms with Gasteiger partial charge < -0.3 is 0 Å². The molecule has 2 rings (SSSR count). The third-order valence-electron chi connectivity index (χ3n) is 3.00. The smallest absolute Gasteiger partial charge is 0.212 e. The first-order valence-electron chi connectivity index (χ1n) is 6.20. The Morgan fingerprint density at radius 3 is 2.60 bits per heavy atom. The second kappa shape index (κ2) is 6.10. The fourth-order valence-electron chi connectivity index (χ4n) is 1.85. The Morgan fingerprint density at radius 2 is 2.00 bits per heavy atom. The number of rotatable bonds is 6. The summed E-state index contributed by atoms with van der Waals surface area (Å²) in [4.78, 5) is 0. The van der Waals surface area contributed by atoms with Gasteiger partial charge in [-0.05, 0) is 5.56 Å². The zero-order valence-electron chi connectivity index (χ0n) is 11.4. The van der Waals surface area contributed by atoms with Crippen molar-refractivity contribution in [3.05, 3.63) is 41.7 Å². The highest BCUT2D eigenvalue weighted by atomic mass is 32.2. The first-order chi connectivity index (χ1) is 9.49. The zero-order valence-corrected chi connectivity index (χ0v) is 12.2. The number of H-pyrrole nitrogens is 1. The van der Waals surface area contributed by atoms with Crippen molar-refractivity contribution in [3.63, 3.8) is 0 Å². The van der Waals surface area contributed by atoms with E-state index >= 15 is 0 Å². The molecule has 0 radical (unpaired) electrons. The zero-order chi connectivity index (χ0) is 14.6. The maximum absolute atomic E-state index is 12.3. The molecule has 20 heavy (non-hydrogen) atoms. The highest BCUT2D eigenvalue weighted by Crippen LogP contribution is 2.15. The van der Waals surface area contributed by atoms with Crippen molar-refractivity contribution in [2.75, 3.05) is 13.6 Å². The molecule has 8 heteroatoms. The second-order valence-corrected chi connectivity index (χ2v) is 6.77. The third kappa shape index (κ3) is 3.61. The Kier molecular flexibility index (Phi) is 4.46. The quantitative estimate of drug-likeness (QED) is 0.849. The molecule has 0 spiro atoms. The number of hydrogen-bond acceptors (Lipinski definition) is 5. The topological polar surface area (TPSA) is 91.8 Å². The summed E-state index contributed by atoms with van der Waals surface area (Å²) in [5, 5.41) is 13.6. The van der Waals surface area contributed by atoms with E-state index in [2.05, 4.69) is 20.6 Å². The van der Waals surface area contributed by atoms with Gasteiger partial charge in [-0.2, -0.15) is 5.21 Å². The summed E-state index contributed by atoms with van der Waals surface area (Å²) in [5.74, 6) is 0.375. The molecule has 1 aromatic heterocycles. The molecule has 0 unspecified atom stereocenters. The van der Waals surface area contributed by atoms with Crippen LogP contribution in [0, 0.1) is 0 Å². The standard InChI is InChI=1S/C12H17N5O2S/c1-10(12-13-15-16-14-12)8-17(2)20(18,19)9-11-6-4-3-5-7-11/h3-7,10H,8-9H2,1-2H3,(H,13,14,15,16)/t10-/m0/s1. The van der Waals surface area contributed by atoms with Gasteiger partial charge in [-0.25, -0.2) is 12.7 Å². The van der Waals surface area contributed by atoms with E-state index in [1.807, 2.05) is 25.1 Å². The van der Waals surface area contributed by atoms with Crippen LogP contribution in [0.1, 0.15) is 24.2 Å². The van der Waals surface area contributed by atoms with Gasteiger partial charge in [0.05, 0.1) is 5.75 Å². The number of nitrogens with one attached hydrogen (secondary N) is 1. The summed E-state index contributed by atoms with van der Waals surface area (Å²) in [6, 6.07) is 9.11. The highest BCUT2D eigenvalue weighted by Gasteiger charge is 2.22. The van der Waals surface area contributed by atoms with Crippen LogP contribution in [0.5, 0.6) is 0 Å². The summed E-state index contributed by atoms with van der Waals surface area (Å²) in [6.45, 7) is 2.17. The van der Waals surface area contributed by atoms with Crippen molar-refractivity contribution in [2.24, 2.45) is 0 Å². The van der Waals surface area contributed by atoms with Crippen molar-refractivity contribution < 1.29 is 8.42 Å². The molecule has 7 nitrogen and oxygen atoms in total. The molecular formula is C12H17N5O2S. The van der Waals surface area contributed by atoms with Gasteiger partial charge in [0.2, 0.25) is 10.0 Å². The molecule has 0 aliphatic carbocycles. The summed E-state index contributed by atoms with van der Waals surface area (Å²) in [5.41, 5.74) is 0.770. The SMILES string of the molecule is C[C@@H](CN(C)S(=O)(=O)Cc1ccccc1)c1nn[nH]n1. The minimum atomic E-state index is -3.35. The van der Waals surface area contributed by atoms with Crippen molar-refractivity contribution in [1.82, 2.24) is 24.9 Å². The number of likely N-dealkylation sites (N-methyl/N-ethyl adjacent to an activating group) is 1. The molecule has 1 heterocycles. The van der Waals surface area contributed by atoms with Crippen LogP contribution in [0.4, 0.5) is 0 Å². The van der Waals surface area contributed by atoms with Crippen molar-refractivity contribution in [1.29, 1.82) is 0 Å². The van der Waals surface area contributed by atoms with Crippen molar-refractivity contribution in [2.45, 2.75) is 18.6 Å². The van der Waals surface area contributed by atoms with E-state index in [4.69, 9.17) is 0 Å². The van der Waals surface area contributed by atoms with E-state index in [-0.39, 0.29) is 11.7 Å². The van der Waals surface area contributed by atoms with Crippen LogP contribution in [0.25, 0.3) is 0 Å². The molecule has 1 atom stereocenters. The van der Waals surface area contributed by atoms with Crippen molar-refractivity contribution >= 4 is 10.0 Å². The van der Waals surface area contributed by atoms with E-state index in [9.17, 15) is 8.42 Å². The van der Waals surface area contributed by atoms with Gasteiger partial charge in [-0.3, -0.25) is 0 Å². The number of benzene rings is 1. The van der Waals surface area contributed by atoms with Crippen LogP contribution in [0.2, 0.25) is 0 Å². The van der Waals surface area contributed by atoms with Crippen LogP contribution in [0.15, 0.2) is 30.3 Å². The summed E-state index contributed by atoms with van der Waals surface area (Å²) >= 11 is 0. The number of tetrazole rings is 1. The lowest BCUT2D eigenvalue weighted by molar-refractivity contribution is 0.439. The maximum atomic E-state index is 12.3. The largest absolute Gasteiger partial charge is 0.218 e. The molecule has 0 bridgehead atoms. The number of aromatic amines is 1. The minimum Gasteiger partial charge on any atom is -0.212 e. The minimum absolute atomic E-state index is 0.0106. The van der Waals surface area contributed by atoms with Gasteiger partial charge in [0.25, 0.3) is 0 Å². The van der Waals surface area contributed by atoms with E-state index in [0.717, 1.165) is 5.56 Å². The summed E-state index contributed by atoms with van der Waals surface area (Å²) in [6.07, 6.45) is 0. The Morgan fingerprint density at radius 1 is 1.30 bits per heavy atom. The third-order valence-corrected chi connectivity index (χ3v) is 4.80. The van der Waals surface area contributed by atoms with Crippen LogP contribution < -0.4 is 0 Å². The Bertz CT molecular complexity index is 627. The average Bonchev–Trinajstić information content (AvgIpc) is 2.93. The predicted molar refractivity (Wildman–Crippen MR) is 74.3 cm³/mol. The molecule has 0 amide bonds. The van der Waals surface area contributed by atoms with Gasteiger partial charge in [-0.1, -0.05) is 42.5 Å². The number of nitrogens with zero attached hydrogens (tertiary/aromatic N) is 4. The number of sulfonamides is 1. The maximum Gasteiger partial charge on any atom is 0.218 e. The van der Waals surface area contributed by atoms with Crippen LogP contribution in [-0.4, -0.2) is 46.9 Å². The summed E-state index contributed by atoms with van der Waals surface area (Å²) in [7, 11) is -1.79. The highest BCUT2D eigenvalue weighted by molar-refractivity contribution is 7.88. The lowest BCUT2D eigenvalue weighted by Gasteiger charge is -2.19. The van der Waals surface area contributed by atoms with Gasteiger partial charge in [0, 0.05) is 19.5 Å². The second-order valence-electron chi connectivity index (χ2n) is 4.69. The average molecular weight is 295 g/mol. The van der Waals surface area contributed by atoms with E-state index in [1.165, 1.54) is 4.31 Å². The monoisotopic (exact) mass is 295 g/mol. The number of aromatic nitrogens is 4. The van der Waals surface area contributed by atoms with Gasteiger partial charge in [0.15, 0.2) is 5.82 Å². The van der Waals surface area contributed by atoms with Gasteiger partial charge in [0.1, 0.15) is 0 Å². The van der Waals surface area contributed by atoms with Crippen molar-refractivity contribution in [3.8, 4) is 0 Å². The Balaban J connectivity index is 2.02. The molecule has 0 saturated carbocycles. The van der Waals surface area contributed by atoms with Gasteiger partial charge in [-0.15, -0.1) is 10.2 Å². The fourth-order valence-corrected chi connectivity index (χ4v) is 3.14. The first kappa shape index (κ1) is 14.6. The van der Waals surface area contributed by atoms with Crippen LogP contribution >= 0.6 is 0 Å². The molecular weight excluding hydrogens is 278 g/mol. The Hall–Kier alpha value is -1.80. The molecule has 108 valence electrons. The molecule has 0 saturated heterocycles. The molecule has 0 aliphatic heterocycles. The summed E-state index contributed by atoms with van der Waals surface area (Å²) < 4.78 is 25.9. The van der Waals surface area contributed by atoms with Crippen LogP contribution in [-0.2, 0) is 15.8 Å². The lowest BCUT2D eigenvalue weighted by Crippen LogP contribution is -2.31. The Labute approximate surface area is 118 Å². The van der Waals surface area contributed by atoms with E-state index < -0.39 is 10.0 Å². The van der Waals surface area contributed by atoms with E-state index in [1.54, 1.807) is 19.2 Å². The van der Waals surface area contributed by atoms with Crippen LogP contribution in [0.3, 0.4) is 0 Å². The van der Waals surface area contributed by atoms with Gasteiger partial charge >= 0.3 is 0 Å².